The third-order valence-corrected chi connectivity index (χ3v) is 4.42. The smallest absolute Gasteiger partial charge is 0.341 e. The zero-order valence-electron chi connectivity index (χ0n) is 10.9. The Kier molecular flexibility index (Phi) is 3.09. The van der Waals surface area contributed by atoms with E-state index >= 15 is 0 Å². The maximum Gasteiger partial charge on any atom is 0.341 e. The van der Waals surface area contributed by atoms with Crippen LogP contribution in [0.5, 0.6) is 0 Å². The maximum atomic E-state index is 11.8. The van der Waals surface area contributed by atoms with E-state index < -0.39 is 5.97 Å². The Morgan fingerprint density at radius 2 is 2.00 bits per heavy atom. The molecule has 0 N–H and O–H groups in total. The fourth-order valence-electron chi connectivity index (χ4n) is 2.72. The summed E-state index contributed by atoms with van der Waals surface area (Å²) in [5.74, 6) is 0.172. The van der Waals surface area contributed by atoms with Gasteiger partial charge in [-0.25, -0.2) is 4.79 Å². The molecule has 1 aromatic rings. The summed E-state index contributed by atoms with van der Waals surface area (Å²) < 4.78 is 4.78. The minimum atomic E-state index is -0.418. The monoisotopic (exact) mass is 281 g/mol. The number of carbonyl (C=O) groups is 1. The minimum absolute atomic E-state index is 0.208. The van der Waals surface area contributed by atoms with Crippen molar-refractivity contribution in [2.24, 2.45) is 5.41 Å². The molecule has 2 heterocycles. The van der Waals surface area contributed by atoms with Crippen LogP contribution in [0.25, 0.3) is 0 Å². The van der Waals surface area contributed by atoms with Gasteiger partial charge in [0.1, 0.15) is 5.56 Å². The first-order chi connectivity index (χ1) is 9.13. The first kappa shape index (κ1) is 12.7. The van der Waals surface area contributed by atoms with Crippen LogP contribution in [0, 0.1) is 5.41 Å². The van der Waals surface area contributed by atoms with Gasteiger partial charge in [0.2, 0.25) is 0 Å². The van der Waals surface area contributed by atoms with Crippen molar-refractivity contribution in [1.29, 1.82) is 0 Å². The predicted molar refractivity (Wildman–Crippen MR) is 71.5 cm³/mol. The number of carbonyl (C=O) groups excluding carboxylic acids is 1. The quantitative estimate of drug-likeness (QED) is 0.779. The van der Waals surface area contributed by atoms with Crippen LogP contribution < -0.4 is 4.90 Å². The maximum absolute atomic E-state index is 11.8. The van der Waals surface area contributed by atoms with Crippen LogP contribution in [-0.4, -0.2) is 36.4 Å². The molecule has 1 spiro atoms. The van der Waals surface area contributed by atoms with Gasteiger partial charge in [0.15, 0.2) is 11.0 Å². The standard InChI is InChI=1S/C13H16ClN3O2/c1-19-12(18)9-8-10(14)15-16-11(9)17-6-4-13(2-3-13)5-7-17/h8H,2-7H2,1H3. The fraction of sp³-hybridized carbons (Fsp3) is 0.615. The zero-order chi connectivity index (χ0) is 13.5. The van der Waals surface area contributed by atoms with E-state index in [1.54, 1.807) is 0 Å². The highest BCUT2D eigenvalue weighted by molar-refractivity contribution is 6.29. The van der Waals surface area contributed by atoms with Crippen LogP contribution in [0.2, 0.25) is 5.15 Å². The number of anilines is 1. The third kappa shape index (κ3) is 2.39. The first-order valence-corrected chi connectivity index (χ1v) is 6.88. The van der Waals surface area contributed by atoms with Gasteiger partial charge in [-0.05, 0) is 37.2 Å². The van der Waals surface area contributed by atoms with E-state index in [-0.39, 0.29) is 5.15 Å². The highest BCUT2D eigenvalue weighted by atomic mass is 35.5. The van der Waals surface area contributed by atoms with Gasteiger partial charge in [0, 0.05) is 13.1 Å². The van der Waals surface area contributed by atoms with E-state index in [1.165, 1.54) is 26.0 Å². The number of aromatic nitrogens is 2. The van der Waals surface area contributed by atoms with E-state index in [4.69, 9.17) is 16.3 Å². The van der Waals surface area contributed by atoms with Gasteiger partial charge < -0.3 is 9.64 Å². The molecule has 102 valence electrons. The molecule has 19 heavy (non-hydrogen) atoms. The summed E-state index contributed by atoms with van der Waals surface area (Å²) in [7, 11) is 1.36. The molecule has 6 heteroatoms. The number of esters is 1. The van der Waals surface area contributed by atoms with Gasteiger partial charge in [-0.3, -0.25) is 0 Å². The van der Waals surface area contributed by atoms with Crippen molar-refractivity contribution in [2.45, 2.75) is 25.7 Å². The van der Waals surface area contributed by atoms with Crippen molar-refractivity contribution in [2.75, 3.05) is 25.1 Å². The summed E-state index contributed by atoms with van der Waals surface area (Å²) in [6.45, 7) is 1.83. The van der Waals surface area contributed by atoms with Crippen LogP contribution >= 0.6 is 11.6 Å². The summed E-state index contributed by atoms with van der Waals surface area (Å²) in [5.41, 5.74) is 0.983. The summed E-state index contributed by atoms with van der Waals surface area (Å²) in [6, 6.07) is 1.53. The second kappa shape index (κ2) is 4.63. The molecule has 2 aliphatic rings. The summed E-state index contributed by atoms with van der Waals surface area (Å²) in [4.78, 5) is 13.9. The lowest BCUT2D eigenvalue weighted by molar-refractivity contribution is 0.0600. The molecular formula is C13H16ClN3O2. The first-order valence-electron chi connectivity index (χ1n) is 6.50. The molecule has 0 aromatic carbocycles. The predicted octanol–water partition coefficient (Wildman–Crippen LogP) is 2.30. The average Bonchev–Trinajstić information content (AvgIpc) is 3.18. The largest absolute Gasteiger partial charge is 0.465 e. The van der Waals surface area contributed by atoms with Crippen LogP contribution in [0.3, 0.4) is 0 Å². The number of methoxy groups -OCH3 is 1. The van der Waals surface area contributed by atoms with Crippen molar-refractivity contribution in [1.82, 2.24) is 10.2 Å². The summed E-state index contributed by atoms with van der Waals surface area (Å²) in [5, 5.41) is 8.14. The number of hydrogen-bond acceptors (Lipinski definition) is 5. The normalized spacial score (nSPS) is 20.4. The second-order valence-corrected chi connectivity index (χ2v) is 5.77. The van der Waals surface area contributed by atoms with Gasteiger partial charge in [0.25, 0.3) is 0 Å². The molecule has 1 aromatic heterocycles. The Labute approximate surface area is 116 Å². The van der Waals surface area contributed by atoms with E-state index in [0.29, 0.717) is 16.8 Å². The van der Waals surface area contributed by atoms with Crippen LogP contribution in [0.4, 0.5) is 5.82 Å². The molecule has 0 amide bonds. The Morgan fingerprint density at radius 3 is 2.58 bits per heavy atom. The summed E-state index contributed by atoms with van der Waals surface area (Å²) >= 11 is 5.81. The third-order valence-electron chi connectivity index (χ3n) is 4.23. The van der Waals surface area contributed by atoms with Gasteiger partial charge in [-0.1, -0.05) is 11.6 Å². The Balaban J connectivity index is 1.85. The lowest BCUT2D eigenvalue weighted by Gasteiger charge is -2.33. The van der Waals surface area contributed by atoms with Crippen molar-refractivity contribution >= 4 is 23.4 Å². The zero-order valence-corrected chi connectivity index (χ0v) is 11.6. The SMILES string of the molecule is COC(=O)c1cc(Cl)nnc1N1CCC2(CC1)CC2. The van der Waals surface area contributed by atoms with Gasteiger partial charge >= 0.3 is 5.97 Å². The lowest BCUT2D eigenvalue weighted by Crippen LogP contribution is -2.36. The highest BCUT2D eigenvalue weighted by Crippen LogP contribution is 2.53. The van der Waals surface area contributed by atoms with Crippen molar-refractivity contribution in [3.8, 4) is 0 Å². The van der Waals surface area contributed by atoms with Gasteiger partial charge in [-0.15, -0.1) is 10.2 Å². The van der Waals surface area contributed by atoms with E-state index in [0.717, 1.165) is 25.9 Å². The van der Waals surface area contributed by atoms with Gasteiger partial charge in [0.05, 0.1) is 7.11 Å². The molecule has 5 nitrogen and oxygen atoms in total. The summed E-state index contributed by atoms with van der Waals surface area (Å²) in [6.07, 6.45) is 5.02. The molecule has 1 aliphatic heterocycles. The van der Waals surface area contributed by atoms with Crippen LogP contribution in [0.15, 0.2) is 6.07 Å². The molecule has 0 bridgehead atoms. The number of rotatable bonds is 2. The molecule has 1 aliphatic carbocycles. The number of piperidine rings is 1. The molecule has 2 fully saturated rings. The Morgan fingerprint density at radius 1 is 1.32 bits per heavy atom. The van der Waals surface area contributed by atoms with Crippen molar-refractivity contribution in [3.05, 3.63) is 16.8 Å². The molecule has 1 saturated heterocycles. The molecule has 0 radical (unpaired) electrons. The molecule has 0 unspecified atom stereocenters. The molecule has 3 rings (SSSR count). The number of ether oxygens (including phenoxy) is 1. The number of nitrogens with zero attached hydrogens (tertiary/aromatic N) is 3. The van der Waals surface area contributed by atoms with E-state index in [1.807, 2.05) is 0 Å². The number of hydrogen-bond donors (Lipinski definition) is 0. The van der Waals surface area contributed by atoms with Crippen molar-refractivity contribution in [3.63, 3.8) is 0 Å². The lowest BCUT2D eigenvalue weighted by atomic mass is 9.93. The Hall–Kier alpha value is -1.36. The molecular weight excluding hydrogens is 266 g/mol. The highest BCUT2D eigenvalue weighted by Gasteiger charge is 2.45. The number of halogens is 1. The van der Waals surface area contributed by atoms with Gasteiger partial charge in [-0.2, -0.15) is 0 Å². The minimum Gasteiger partial charge on any atom is -0.465 e. The van der Waals surface area contributed by atoms with Crippen molar-refractivity contribution < 1.29 is 9.53 Å². The topological polar surface area (TPSA) is 55.3 Å². The average molecular weight is 282 g/mol. The molecule has 0 atom stereocenters. The second-order valence-electron chi connectivity index (χ2n) is 5.38. The Bertz CT molecular complexity index is 507. The molecule has 1 saturated carbocycles. The van der Waals surface area contributed by atoms with Crippen LogP contribution in [0.1, 0.15) is 36.0 Å². The van der Waals surface area contributed by atoms with E-state index in [2.05, 4.69) is 15.1 Å². The van der Waals surface area contributed by atoms with E-state index in [9.17, 15) is 4.79 Å². The van der Waals surface area contributed by atoms with Crippen LogP contribution in [-0.2, 0) is 4.74 Å². The fourth-order valence-corrected chi connectivity index (χ4v) is 2.87.